The maximum Gasteiger partial charge on any atom is 0.208 e. The van der Waals surface area contributed by atoms with Gasteiger partial charge in [-0.2, -0.15) is 0 Å². The van der Waals surface area contributed by atoms with E-state index >= 15 is 0 Å². The Hall–Kier alpha value is -0.590. The molecule has 3 N–H and O–H groups in total. The number of aliphatic imine (C=N–C) groups is 1. The molecule has 1 aromatic rings. The van der Waals surface area contributed by atoms with E-state index in [9.17, 15) is 8.42 Å². The largest absolute Gasteiger partial charge is 0.488 e. The Morgan fingerprint density at radius 2 is 1.96 bits per heavy atom. The van der Waals surface area contributed by atoms with E-state index in [0.717, 1.165) is 16.5 Å². The predicted octanol–water partition coefficient (Wildman–Crippen LogP) is 1.55. The highest BCUT2D eigenvalue weighted by molar-refractivity contribution is 14.0. The number of rotatable bonds is 8. The van der Waals surface area contributed by atoms with Gasteiger partial charge in [-0.3, -0.25) is 4.99 Å². The maximum absolute atomic E-state index is 11.0. The molecule has 1 atom stereocenters. The molecule has 0 fully saturated rings. The summed E-state index contributed by atoms with van der Waals surface area (Å²) in [5.41, 5.74) is 0. The van der Waals surface area contributed by atoms with Crippen LogP contribution in [-0.4, -0.2) is 53.4 Å². The molecule has 0 aromatic heterocycles. The minimum absolute atomic E-state index is 0. The Morgan fingerprint density at radius 1 is 1.29 bits per heavy atom. The number of nitrogens with one attached hydrogen (secondary N) is 3. The summed E-state index contributed by atoms with van der Waals surface area (Å²) in [4.78, 5) is 4.07. The molecule has 1 unspecified atom stereocenters. The van der Waals surface area contributed by atoms with Gasteiger partial charge in [0, 0.05) is 20.1 Å². The average molecular weight is 535 g/mol. The standard InChI is InChI=1S/C14H23BrN4O3S.HI/c1-11(22-13-7-5-4-6-12(13)15)10-18-14(16-2)17-8-9-19-23(3,20)21;/h4-7,11,19H,8-10H2,1-3H3,(H2,16,17,18);1H. The summed E-state index contributed by atoms with van der Waals surface area (Å²) >= 11 is 3.44. The molecular weight excluding hydrogens is 511 g/mol. The van der Waals surface area contributed by atoms with Gasteiger partial charge in [0.2, 0.25) is 10.0 Å². The first-order chi connectivity index (χ1) is 10.8. The summed E-state index contributed by atoms with van der Waals surface area (Å²) in [6, 6.07) is 7.65. The Bertz CT molecular complexity index is 628. The second kappa shape index (κ2) is 11.9. The van der Waals surface area contributed by atoms with Gasteiger partial charge < -0.3 is 15.4 Å². The minimum Gasteiger partial charge on any atom is -0.488 e. The number of guanidine groups is 1. The third kappa shape index (κ3) is 10.3. The van der Waals surface area contributed by atoms with Crippen molar-refractivity contribution in [1.82, 2.24) is 15.4 Å². The van der Waals surface area contributed by atoms with Crippen molar-refractivity contribution in [1.29, 1.82) is 0 Å². The van der Waals surface area contributed by atoms with E-state index in [4.69, 9.17) is 4.74 Å². The van der Waals surface area contributed by atoms with Crippen molar-refractivity contribution in [2.45, 2.75) is 13.0 Å². The predicted molar refractivity (Wildman–Crippen MR) is 112 cm³/mol. The van der Waals surface area contributed by atoms with Crippen molar-refractivity contribution in [3.8, 4) is 5.75 Å². The fraction of sp³-hybridized carbons (Fsp3) is 0.500. The van der Waals surface area contributed by atoms with Crippen molar-refractivity contribution in [2.24, 2.45) is 4.99 Å². The Morgan fingerprint density at radius 3 is 2.54 bits per heavy atom. The summed E-state index contributed by atoms with van der Waals surface area (Å²) in [6.07, 6.45) is 1.06. The van der Waals surface area contributed by atoms with Crippen LogP contribution in [0.4, 0.5) is 0 Å². The molecule has 0 aliphatic heterocycles. The summed E-state index contributed by atoms with van der Waals surface area (Å²) < 4.78 is 31.0. The lowest BCUT2D eigenvalue weighted by Gasteiger charge is -2.18. The Balaban J connectivity index is 0.00000529. The average Bonchev–Trinajstić information content (AvgIpc) is 2.48. The van der Waals surface area contributed by atoms with E-state index in [2.05, 4.69) is 36.3 Å². The lowest BCUT2D eigenvalue weighted by molar-refractivity contribution is 0.222. The molecule has 1 aromatic carbocycles. The molecule has 0 amide bonds. The molecule has 24 heavy (non-hydrogen) atoms. The molecule has 0 spiro atoms. The van der Waals surface area contributed by atoms with E-state index < -0.39 is 10.0 Å². The van der Waals surface area contributed by atoms with Crippen molar-refractivity contribution < 1.29 is 13.2 Å². The van der Waals surface area contributed by atoms with E-state index in [1.807, 2.05) is 31.2 Å². The van der Waals surface area contributed by atoms with E-state index in [1.54, 1.807) is 7.05 Å². The van der Waals surface area contributed by atoms with Crippen LogP contribution in [-0.2, 0) is 10.0 Å². The van der Waals surface area contributed by atoms with Crippen molar-refractivity contribution >= 4 is 55.9 Å². The van der Waals surface area contributed by atoms with Crippen LogP contribution in [0, 0.1) is 0 Å². The van der Waals surface area contributed by atoms with Crippen LogP contribution in [0.15, 0.2) is 33.7 Å². The maximum atomic E-state index is 11.0. The van der Waals surface area contributed by atoms with Gasteiger partial charge in [0.05, 0.1) is 17.3 Å². The molecule has 0 aliphatic carbocycles. The molecule has 0 saturated carbocycles. The second-order valence-corrected chi connectivity index (χ2v) is 7.59. The normalized spacial score (nSPS) is 12.9. The summed E-state index contributed by atoms with van der Waals surface area (Å²) in [7, 11) is -1.52. The van der Waals surface area contributed by atoms with Gasteiger partial charge in [0.25, 0.3) is 0 Å². The smallest absolute Gasteiger partial charge is 0.208 e. The topological polar surface area (TPSA) is 91.8 Å². The Kier molecular flexibility index (Phi) is 11.6. The number of benzene rings is 1. The van der Waals surface area contributed by atoms with Gasteiger partial charge in [0.1, 0.15) is 11.9 Å². The van der Waals surface area contributed by atoms with Crippen LogP contribution in [0.1, 0.15) is 6.92 Å². The highest BCUT2D eigenvalue weighted by atomic mass is 127. The lowest BCUT2D eigenvalue weighted by Crippen LogP contribution is -2.44. The van der Waals surface area contributed by atoms with Crippen molar-refractivity contribution in [3.63, 3.8) is 0 Å². The third-order valence-electron chi connectivity index (χ3n) is 2.73. The number of ether oxygens (including phenoxy) is 1. The van der Waals surface area contributed by atoms with Crippen molar-refractivity contribution in [3.05, 3.63) is 28.7 Å². The highest BCUT2D eigenvalue weighted by Crippen LogP contribution is 2.24. The van der Waals surface area contributed by atoms with Crippen LogP contribution in [0.25, 0.3) is 0 Å². The van der Waals surface area contributed by atoms with Crippen LogP contribution in [0.5, 0.6) is 5.75 Å². The van der Waals surface area contributed by atoms with Crippen LogP contribution in [0.2, 0.25) is 0 Å². The molecule has 0 aliphatic rings. The fourth-order valence-corrected chi connectivity index (χ4v) is 2.53. The van der Waals surface area contributed by atoms with Gasteiger partial charge in [-0.15, -0.1) is 24.0 Å². The van der Waals surface area contributed by atoms with Gasteiger partial charge in [-0.25, -0.2) is 13.1 Å². The quantitative estimate of drug-likeness (QED) is 0.204. The SMILES string of the molecule is CN=C(NCCNS(C)(=O)=O)NCC(C)Oc1ccccc1Br.I. The number of hydrogen-bond acceptors (Lipinski definition) is 4. The third-order valence-corrected chi connectivity index (χ3v) is 4.11. The van der Waals surface area contributed by atoms with Crippen LogP contribution < -0.4 is 20.1 Å². The zero-order chi connectivity index (χ0) is 17.3. The van der Waals surface area contributed by atoms with Gasteiger partial charge in [-0.05, 0) is 35.0 Å². The first-order valence-corrected chi connectivity index (χ1v) is 9.80. The summed E-state index contributed by atoms with van der Waals surface area (Å²) in [6.45, 7) is 3.24. The first-order valence-electron chi connectivity index (χ1n) is 7.12. The molecule has 138 valence electrons. The second-order valence-electron chi connectivity index (χ2n) is 4.91. The van der Waals surface area contributed by atoms with Crippen molar-refractivity contribution in [2.75, 3.05) is 32.9 Å². The zero-order valence-electron chi connectivity index (χ0n) is 13.9. The van der Waals surface area contributed by atoms with Gasteiger partial charge in [0.15, 0.2) is 5.96 Å². The summed E-state index contributed by atoms with van der Waals surface area (Å²) in [5, 5.41) is 6.15. The van der Waals surface area contributed by atoms with Crippen LogP contribution in [0.3, 0.4) is 0 Å². The zero-order valence-corrected chi connectivity index (χ0v) is 18.6. The van der Waals surface area contributed by atoms with Gasteiger partial charge in [-0.1, -0.05) is 12.1 Å². The molecule has 0 heterocycles. The molecule has 7 nitrogen and oxygen atoms in total. The number of nitrogens with zero attached hydrogens (tertiary/aromatic N) is 1. The number of para-hydroxylation sites is 1. The van der Waals surface area contributed by atoms with Gasteiger partial charge >= 0.3 is 0 Å². The molecular formula is C14H24BrIN4O3S. The van der Waals surface area contributed by atoms with Crippen LogP contribution >= 0.6 is 39.9 Å². The highest BCUT2D eigenvalue weighted by Gasteiger charge is 2.08. The lowest BCUT2D eigenvalue weighted by atomic mass is 10.3. The molecule has 0 radical (unpaired) electrons. The monoisotopic (exact) mass is 534 g/mol. The molecule has 1 rings (SSSR count). The molecule has 0 bridgehead atoms. The summed E-state index contributed by atoms with van der Waals surface area (Å²) in [5.74, 6) is 1.37. The number of sulfonamides is 1. The molecule has 10 heteroatoms. The minimum atomic E-state index is -3.17. The number of hydrogen-bond donors (Lipinski definition) is 3. The number of halogens is 2. The van der Waals surface area contributed by atoms with E-state index in [0.29, 0.717) is 25.6 Å². The van der Waals surface area contributed by atoms with E-state index in [1.165, 1.54) is 0 Å². The fourth-order valence-electron chi connectivity index (χ4n) is 1.68. The molecule has 0 saturated heterocycles. The first kappa shape index (κ1) is 23.4. The van der Waals surface area contributed by atoms with E-state index in [-0.39, 0.29) is 30.1 Å². The Labute approximate surface area is 169 Å².